The van der Waals surface area contributed by atoms with Crippen LogP contribution >= 0.6 is 23.8 Å². The van der Waals surface area contributed by atoms with E-state index in [0.29, 0.717) is 0 Å². The Morgan fingerprint density at radius 2 is 2.07 bits per heavy atom. The molecule has 4 rings (SSSR count). The molecule has 27 heavy (non-hydrogen) atoms. The highest BCUT2D eigenvalue weighted by Crippen LogP contribution is 2.40. The lowest BCUT2D eigenvalue weighted by molar-refractivity contribution is 0.284. The summed E-state index contributed by atoms with van der Waals surface area (Å²) in [5.41, 5.74) is 2.95. The van der Waals surface area contributed by atoms with E-state index in [2.05, 4.69) is 22.1 Å². The summed E-state index contributed by atoms with van der Waals surface area (Å²) in [4.78, 5) is 6.66. The molecule has 2 atom stereocenters. The molecule has 0 saturated carbocycles. The van der Waals surface area contributed by atoms with Crippen LogP contribution in [0.25, 0.3) is 11.3 Å². The zero-order chi connectivity index (χ0) is 19.0. The second-order valence-corrected chi connectivity index (χ2v) is 7.37. The minimum Gasteiger partial charge on any atom is -0.459 e. The van der Waals surface area contributed by atoms with Gasteiger partial charge in [0.05, 0.1) is 11.7 Å². The molecule has 1 aliphatic heterocycles. The van der Waals surface area contributed by atoms with Crippen LogP contribution in [-0.2, 0) is 0 Å². The first-order valence-electron chi connectivity index (χ1n) is 8.93. The Bertz CT molecular complexity index is 973. The molecule has 6 heteroatoms. The third-order valence-electron chi connectivity index (χ3n) is 4.91. The van der Waals surface area contributed by atoms with Crippen LogP contribution in [0.15, 0.2) is 59.1 Å². The van der Waals surface area contributed by atoms with Crippen LogP contribution in [0.4, 0.5) is 0 Å². The van der Waals surface area contributed by atoms with Gasteiger partial charge in [-0.05, 0) is 62.0 Å². The van der Waals surface area contributed by atoms with Gasteiger partial charge in [-0.1, -0.05) is 29.8 Å². The summed E-state index contributed by atoms with van der Waals surface area (Å²) in [5.74, 6) is 1.65. The van der Waals surface area contributed by atoms with Crippen LogP contribution in [0.3, 0.4) is 0 Å². The van der Waals surface area contributed by atoms with Crippen LogP contribution in [0, 0.1) is 6.92 Å². The molecule has 0 aliphatic carbocycles. The minimum atomic E-state index is -0.0562. The van der Waals surface area contributed by atoms with Crippen molar-refractivity contribution in [3.05, 3.63) is 76.8 Å². The van der Waals surface area contributed by atoms with Crippen molar-refractivity contribution in [3.8, 4) is 11.3 Å². The largest absolute Gasteiger partial charge is 0.459 e. The van der Waals surface area contributed by atoms with Crippen molar-refractivity contribution in [2.45, 2.75) is 25.9 Å². The molecule has 0 spiro atoms. The second kappa shape index (κ2) is 7.33. The van der Waals surface area contributed by atoms with Gasteiger partial charge in [0, 0.05) is 23.3 Å². The smallest absolute Gasteiger partial charge is 0.170 e. The highest BCUT2D eigenvalue weighted by molar-refractivity contribution is 7.80. The van der Waals surface area contributed by atoms with Crippen molar-refractivity contribution >= 4 is 28.9 Å². The molecule has 1 saturated heterocycles. The molecule has 1 aliphatic rings. The number of nitrogens with one attached hydrogen (secondary N) is 1. The number of likely N-dealkylation sites (N-methyl/N-ethyl adjacent to an activating group) is 1. The van der Waals surface area contributed by atoms with Crippen molar-refractivity contribution in [2.24, 2.45) is 0 Å². The molecule has 0 unspecified atom stereocenters. The molecule has 4 nitrogen and oxygen atoms in total. The van der Waals surface area contributed by atoms with E-state index in [9.17, 15) is 0 Å². The monoisotopic (exact) mass is 397 g/mol. The van der Waals surface area contributed by atoms with Gasteiger partial charge >= 0.3 is 0 Å². The maximum Gasteiger partial charge on any atom is 0.170 e. The summed E-state index contributed by atoms with van der Waals surface area (Å²) < 4.78 is 6.25. The van der Waals surface area contributed by atoms with E-state index in [0.717, 1.165) is 45.0 Å². The second-order valence-electron chi connectivity index (χ2n) is 6.58. The molecule has 138 valence electrons. The van der Waals surface area contributed by atoms with Gasteiger partial charge in [-0.25, -0.2) is 0 Å². The number of aromatic nitrogens is 1. The third-order valence-corrected chi connectivity index (χ3v) is 5.67. The molecule has 1 N–H and O–H groups in total. The SMILES string of the molecule is CCN1C(=S)N[C@@H](c2ccccn2)[C@H]1c1ccc(-c2ccc(C)c(Cl)c2)o1. The number of nitrogens with zero attached hydrogens (tertiary/aromatic N) is 2. The van der Waals surface area contributed by atoms with Crippen molar-refractivity contribution in [2.75, 3.05) is 6.54 Å². The number of rotatable bonds is 4. The lowest BCUT2D eigenvalue weighted by Gasteiger charge is -2.24. The molecule has 3 aromatic rings. The number of benzene rings is 1. The maximum absolute atomic E-state index is 6.28. The fourth-order valence-corrected chi connectivity index (χ4v) is 4.02. The number of hydrogen-bond donors (Lipinski definition) is 1. The molecule has 3 heterocycles. The molecule has 0 amide bonds. The van der Waals surface area contributed by atoms with Gasteiger partial charge in [0.1, 0.15) is 17.6 Å². The Hall–Kier alpha value is -2.37. The maximum atomic E-state index is 6.28. The first kappa shape index (κ1) is 18.0. The van der Waals surface area contributed by atoms with Crippen molar-refractivity contribution in [3.63, 3.8) is 0 Å². The van der Waals surface area contributed by atoms with Crippen LogP contribution in [0.1, 0.15) is 36.0 Å². The zero-order valence-electron chi connectivity index (χ0n) is 15.1. The average molecular weight is 398 g/mol. The predicted molar refractivity (Wildman–Crippen MR) is 112 cm³/mol. The predicted octanol–water partition coefficient (Wildman–Crippen LogP) is 5.30. The van der Waals surface area contributed by atoms with Crippen LogP contribution < -0.4 is 5.32 Å². The normalized spacial score (nSPS) is 19.4. The molecule has 0 radical (unpaired) electrons. The molecule has 1 aromatic carbocycles. The van der Waals surface area contributed by atoms with Crippen LogP contribution in [0.5, 0.6) is 0 Å². The Balaban J connectivity index is 1.72. The lowest BCUT2D eigenvalue weighted by atomic mass is 10.0. The zero-order valence-corrected chi connectivity index (χ0v) is 16.7. The van der Waals surface area contributed by atoms with Crippen molar-refractivity contribution < 1.29 is 4.42 Å². The van der Waals surface area contributed by atoms with Crippen molar-refractivity contribution in [1.29, 1.82) is 0 Å². The van der Waals surface area contributed by atoms with Gasteiger partial charge in [-0.15, -0.1) is 0 Å². The van der Waals surface area contributed by atoms with Gasteiger partial charge in [0.15, 0.2) is 5.11 Å². The number of hydrogen-bond acceptors (Lipinski definition) is 3. The van der Waals surface area contributed by atoms with E-state index < -0.39 is 0 Å². The van der Waals surface area contributed by atoms with E-state index >= 15 is 0 Å². The number of furan rings is 1. The molecule has 0 bridgehead atoms. The summed E-state index contributed by atoms with van der Waals surface area (Å²) in [6.07, 6.45) is 1.80. The Morgan fingerprint density at radius 1 is 1.22 bits per heavy atom. The number of pyridine rings is 1. The quantitative estimate of drug-likeness (QED) is 0.605. The number of halogens is 1. The Morgan fingerprint density at radius 3 is 2.78 bits per heavy atom. The highest BCUT2D eigenvalue weighted by Gasteiger charge is 2.40. The molecule has 1 fully saturated rings. The van der Waals surface area contributed by atoms with Crippen LogP contribution in [0.2, 0.25) is 5.02 Å². The lowest BCUT2D eigenvalue weighted by Crippen LogP contribution is -2.29. The summed E-state index contributed by atoms with van der Waals surface area (Å²) in [5, 5.41) is 4.85. The van der Waals surface area contributed by atoms with E-state index in [-0.39, 0.29) is 12.1 Å². The van der Waals surface area contributed by atoms with Gasteiger partial charge in [0.2, 0.25) is 0 Å². The van der Waals surface area contributed by atoms with Gasteiger partial charge in [-0.2, -0.15) is 0 Å². The first-order valence-corrected chi connectivity index (χ1v) is 9.71. The average Bonchev–Trinajstić information content (AvgIpc) is 3.29. The van der Waals surface area contributed by atoms with E-state index in [1.807, 2.05) is 55.5 Å². The summed E-state index contributed by atoms with van der Waals surface area (Å²) in [7, 11) is 0. The Kier molecular flexibility index (Phi) is 4.89. The fourth-order valence-electron chi connectivity index (χ4n) is 3.47. The summed E-state index contributed by atoms with van der Waals surface area (Å²) in [6.45, 7) is 4.86. The van der Waals surface area contributed by atoms with Gasteiger partial charge in [-0.3, -0.25) is 4.98 Å². The topological polar surface area (TPSA) is 41.3 Å². The van der Waals surface area contributed by atoms with Gasteiger partial charge in [0.25, 0.3) is 0 Å². The van der Waals surface area contributed by atoms with Crippen molar-refractivity contribution in [1.82, 2.24) is 15.2 Å². The van der Waals surface area contributed by atoms with Gasteiger partial charge < -0.3 is 14.6 Å². The highest BCUT2D eigenvalue weighted by atomic mass is 35.5. The number of aryl methyl sites for hydroxylation is 1. The van der Waals surface area contributed by atoms with E-state index in [1.54, 1.807) is 6.20 Å². The fraction of sp³-hybridized carbons (Fsp3) is 0.238. The first-order chi connectivity index (χ1) is 13.1. The molecule has 2 aromatic heterocycles. The summed E-state index contributed by atoms with van der Waals surface area (Å²) >= 11 is 11.8. The third kappa shape index (κ3) is 3.33. The molecular weight excluding hydrogens is 378 g/mol. The standard InChI is InChI=1S/C21H20ClN3OS/c1-3-25-20(19(24-21(25)27)16-6-4-5-11-23-16)18-10-9-17(26-18)14-8-7-13(2)15(22)12-14/h4-12,19-20H,3H2,1-2H3,(H,24,27)/t19-,20+/m0/s1. The van der Waals surface area contributed by atoms with Crippen LogP contribution in [-0.4, -0.2) is 21.5 Å². The Labute approximate surface area is 169 Å². The number of thiocarbonyl (C=S) groups is 1. The minimum absolute atomic E-state index is 0.0490. The van der Waals surface area contributed by atoms with E-state index in [4.69, 9.17) is 28.2 Å². The van der Waals surface area contributed by atoms with E-state index in [1.165, 1.54) is 0 Å². The summed E-state index contributed by atoms with van der Waals surface area (Å²) in [6, 6.07) is 15.8. The molecular formula is C21H20ClN3OS.